The van der Waals surface area contributed by atoms with Crippen LogP contribution in [0.2, 0.25) is 0 Å². The second kappa shape index (κ2) is 7.34. The van der Waals surface area contributed by atoms with Gasteiger partial charge in [-0.25, -0.2) is 0 Å². The Morgan fingerprint density at radius 2 is 2.00 bits per heavy atom. The number of rotatable bonds is 6. The summed E-state index contributed by atoms with van der Waals surface area (Å²) in [5.41, 5.74) is 0. The predicted octanol–water partition coefficient (Wildman–Crippen LogP) is 0.426. The molecule has 0 heterocycles. The average Bonchev–Trinajstić information content (AvgIpc) is 1.98. The zero-order valence-corrected chi connectivity index (χ0v) is 7.43. The third kappa shape index (κ3) is 5.05. The molecule has 0 rings (SSSR count). The van der Waals surface area contributed by atoms with Crippen LogP contribution in [0.1, 0.15) is 0 Å². The largest absolute Gasteiger partial charge is 0.383 e. The van der Waals surface area contributed by atoms with Gasteiger partial charge in [-0.1, -0.05) is 0 Å². The molecule has 0 atom stereocenters. The van der Waals surface area contributed by atoms with Gasteiger partial charge in [0.2, 0.25) is 0 Å². The van der Waals surface area contributed by atoms with E-state index < -0.39 is 0 Å². The monoisotopic (exact) mass is 165 g/mol. The highest BCUT2D eigenvalue weighted by Gasteiger charge is 1.98. The van der Waals surface area contributed by atoms with Crippen LogP contribution in [0.15, 0.2) is 0 Å². The highest BCUT2D eigenvalue weighted by molar-refractivity contribution is 7.80. The van der Waals surface area contributed by atoms with E-state index in [1.807, 2.05) is 4.90 Å². The fourth-order valence-corrected chi connectivity index (χ4v) is 0.802. The number of methoxy groups -OCH3 is 2. The summed E-state index contributed by atoms with van der Waals surface area (Å²) < 4.78 is 9.80. The third-order valence-corrected chi connectivity index (χ3v) is 1.52. The molecule has 0 aliphatic rings. The standard InChI is InChI=1S/C6H15NO2S/c1-8-4-3-7(6-10)5-9-2/h10H,3-6H2,1-2H3. The summed E-state index contributed by atoms with van der Waals surface area (Å²) in [6.45, 7) is 2.21. The fraction of sp³-hybridized carbons (Fsp3) is 1.00. The van der Waals surface area contributed by atoms with Gasteiger partial charge in [0.25, 0.3) is 0 Å². The molecule has 0 aromatic rings. The molecule has 0 radical (unpaired) electrons. The molecule has 0 spiro atoms. The number of hydrogen-bond donors (Lipinski definition) is 1. The number of ether oxygens (including phenoxy) is 2. The molecule has 0 aliphatic carbocycles. The summed E-state index contributed by atoms with van der Waals surface area (Å²) >= 11 is 4.11. The molecule has 0 aromatic carbocycles. The first-order valence-electron chi connectivity index (χ1n) is 3.16. The molecular formula is C6H15NO2S. The van der Waals surface area contributed by atoms with Crippen LogP contribution in [0.25, 0.3) is 0 Å². The van der Waals surface area contributed by atoms with E-state index in [2.05, 4.69) is 12.6 Å². The van der Waals surface area contributed by atoms with Crippen LogP contribution < -0.4 is 0 Å². The summed E-state index contributed by atoms with van der Waals surface area (Å²) in [5.74, 6) is 0.706. The summed E-state index contributed by atoms with van der Waals surface area (Å²) in [6.07, 6.45) is 0. The maximum Gasteiger partial charge on any atom is 0.0993 e. The lowest BCUT2D eigenvalue weighted by Crippen LogP contribution is -2.28. The van der Waals surface area contributed by atoms with Gasteiger partial charge in [-0.3, -0.25) is 4.90 Å². The van der Waals surface area contributed by atoms with Gasteiger partial charge in [-0.2, -0.15) is 12.6 Å². The van der Waals surface area contributed by atoms with Crippen molar-refractivity contribution in [1.29, 1.82) is 0 Å². The lowest BCUT2D eigenvalue weighted by atomic mass is 10.6. The van der Waals surface area contributed by atoms with Gasteiger partial charge in [0.1, 0.15) is 0 Å². The molecule has 10 heavy (non-hydrogen) atoms. The zero-order valence-electron chi connectivity index (χ0n) is 6.54. The molecule has 0 unspecified atom stereocenters. The normalized spacial score (nSPS) is 10.8. The van der Waals surface area contributed by atoms with Crippen LogP contribution in [0.4, 0.5) is 0 Å². The van der Waals surface area contributed by atoms with Crippen LogP contribution >= 0.6 is 12.6 Å². The SMILES string of the molecule is COCCN(CS)COC. The second-order valence-corrected chi connectivity index (χ2v) is 2.23. The van der Waals surface area contributed by atoms with E-state index in [0.29, 0.717) is 12.6 Å². The van der Waals surface area contributed by atoms with Gasteiger partial charge >= 0.3 is 0 Å². The van der Waals surface area contributed by atoms with E-state index in [1.165, 1.54) is 0 Å². The highest BCUT2D eigenvalue weighted by atomic mass is 32.1. The Hall–Kier alpha value is 0.230. The molecule has 0 bridgehead atoms. The molecule has 3 nitrogen and oxygen atoms in total. The summed E-state index contributed by atoms with van der Waals surface area (Å²) in [5, 5.41) is 0. The quantitative estimate of drug-likeness (QED) is 0.455. The molecule has 4 heteroatoms. The minimum Gasteiger partial charge on any atom is -0.383 e. The van der Waals surface area contributed by atoms with Gasteiger partial charge in [0, 0.05) is 26.6 Å². The molecule has 0 amide bonds. The van der Waals surface area contributed by atoms with Gasteiger partial charge in [0.05, 0.1) is 13.3 Å². The first kappa shape index (κ1) is 10.2. The smallest absolute Gasteiger partial charge is 0.0993 e. The lowest BCUT2D eigenvalue weighted by molar-refractivity contribution is 0.0573. The second-order valence-electron chi connectivity index (χ2n) is 1.95. The van der Waals surface area contributed by atoms with E-state index in [0.717, 1.165) is 13.2 Å². The van der Waals surface area contributed by atoms with Gasteiger partial charge in [-0.05, 0) is 0 Å². The fourth-order valence-electron chi connectivity index (χ4n) is 0.579. The Balaban J connectivity index is 3.21. The van der Waals surface area contributed by atoms with Gasteiger partial charge in [-0.15, -0.1) is 0 Å². The van der Waals surface area contributed by atoms with E-state index in [4.69, 9.17) is 9.47 Å². The van der Waals surface area contributed by atoms with Crippen LogP contribution in [-0.2, 0) is 9.47 Å². The van der Waals surface area contributed by atoms with Crippen LogP contribution in [-0.4, -0.2) is 44.9 Å². The summed E-state index contributed by atoms with van der Waals surface area (Å²) in [6, 6.07) is 0. The summed E-state index contributed by atoms with van der Waals surface area (Å²) in [4.78, 5) is 2.03. The Morgan fingerprint density at radius 1 is 1.30 bits per heavy atom. The van der Waals surface area contributed by atoms with E-state index in [-0.39, 0.29) is 0 Å². The van der Waals surface area contributed by atoms with Crippen LogP contribution in [0.5, 0.6) is 0 Å². The van der Waals surface area contributed by atoms with Crippen molar-refractivity contribution in [2.75, 3.05) is 40.0 Å². The van der Waals surface area contributed by atoms with Crippen LogP contribution in [0, 0.1) is 0 Å². The predicted molar refractivity (Wildman–Crippen MR) is 44.3 cm³/mol. The zero-order chi connectivity index (χ0) is 7.82. The van der Waals surface area contributed by atoms with Crippen LogP contribution in [0.3, 0.4) is 0 Å². The summed E-state index contributed by atoms with van der Waals surface area (Å²) in [7, 11) is 3.35. The van der Waals surface area contributed by atoms with Crippen molar-refractivity contribution in [1.82, 2.24) is 4.90 Å². The van der Waals surface area contributed by atoms with Crippen molar-refractivity contribution in [3.05, 3.63) is 0 Å². The molecule has 62 valence electrons. The minimum absolute atomic E-state index is 0.618. The van der Waals surface area contributed by atoms with Crippen molar-refractivity contribution in [3.63, 3.8) is 0 Å². The Bertz CT molecular complexity index is 72.8. The first-order chi connectivity index (χ1) is 4.85. The van der Waals surface area contributed by atoms with Crippen molar-refractivity contribution in [2.45, 2.75) is 0 Å². The molecular weight excluding hydrogens is 150 g/mol. The van der Waals surface area contributed by atoms with E-state index in [1.54, 1.807) is 14.2 Å². The Morgan fingerprint density at radius 3 is 2.40 bits per heavy atom. The molecule has 0 saturated heterocycles. The van der Waals surface area contributed by atoms with E-state index >= 15 is 0 Å². The molecule has 0 aromatic heterocycles. The van der Waals surface area contributed by atoms with Crippen molar-refractivity contribution < 1.29 is 9.47 Å². The van der Waals surface area contributed by atoms with E-state index in [9.17, 15) is 0 Å². The van der Waals surface area contributed by atoms with Crippen molar-refractivity contribution in [3.8, 4) is 0 Å². The molecule has 0 saturated carbocycles. The molecule has 0 fully saturated rings. The maximum atomic E-state index is 4.91. The van der Waals surface area contributed by atoms with Gasteiger partial charge in [0.15, 0.2) is 0 Å². The highest BCUT2D eigenvalue weighted by Crippen LogP contribution is 1.89. The van der Waals surface area contributed by atoms with Crippen molar-refractivity contribution in [2.24, 2.45) is 0 Å². The average molecular weight is 165 g/mol. The minimum atomic E-state index is 0.618. The van der Waals surface area contributed by atoms with Crippen molar-refractivity contribution >= 4 is 12.6 Å². The maximum absolute atomic E-state index is 4.91. The number of thiol groups is 1. The lowest BCUT2D eigenvalue weighted by Gasteiger charge is -2.17. The first-order valence-corrected chi connectivity index (χ1v) is 3.79. The Kier molecular flexibility index (Phi) is 7.51. The molecule has 0 N–H and O–H groups in total. The number of nitrogens with zero attached hydrogens (tertiary/aromatic N) is 1. The molecule has 0 aliphatic heterocycles. The Labute approximate surface area is 67.7 Å². The van der Waals surface area contributed by atoms with Gasteiger partial charge < -0.3 is 9.47 Å². The topological polar surface area (TPSA) is 21.7 Å². The number of hydrogen-bond acceptors (Lipinski definition) is 4. The third-order valence-electron chi connectivity index (χ3n) is 1.12.